The molecule has 0 unspecified atom stereocenters. The van der Waals surface area contributed by atoms with E-state index < -0.39 is 0 Å². The number of aromatic nitrogens is 2. The van der Waals surface area contributed by atoms with Crippen LogP contribution >= 0.6 is 15.9 Å². The fraction of sp³-hybridized carbons (Fsp3) is 0.136. The minimum atomic E-state index is 0.777. The SMILES string of the molecule is Brc1ccc2nc(CCc3ccccc3)c(NCc3ccccc3)n2c1. The van der Waals surface area contributed by atoms with E-state index in [0.29, 0.717) is 0 Å². The van der Waals surface area contributed by atoms with E-state index in [0.717, 1.165) is 41.0 Å². The van der Waals surface area contributed by atoms with Gasteiger partial charge in [-0.15, -0.1) is 0 Å². The number of pyridine rings is 1. The van der Waals surface area contributed by atoms with Crippen LogP contribution < -0.4 is 5.32 Å². The molecule has 0 saturated heterocycles. The maximum absolute atomic E-state index is 4.86. The minimum absolute atomic E-state index is 0.777. The fourth-order valence-electron chi connectivity index (χ4n) is 3.12. The Hall–Kier alpha value is -2.59. The molecule has 0 aliphatic carbocycles. The highest BCUT2D eigenvalue weighted by Crippen LogP contribution is 2.23. The van der Waals surface area contributed by atoms with E-state index in [2.05, 4.69) is 86.4 Å². The van der Waals surface area contributed by atoms with Crippen LogP contribution in [0.5, 0.6) is 0 Å². The maximum atomic E-state index is 4.86. The second kappa shape index (κ2) is 7.75. The standard InChI is InChI=1S/C22H20BrN3/c23-19-12-14-21-25-20(13-11-17-7-3-1-4-8-17)22(26(21)16-19)24-15-18-9-5-2-6-10-18/h1-10,12,14,16,24H,11,13,15H2. The second-order valence-electron chi connectivity index (χ2n) is 6.31. The van der Waals surface area contributed by atoms with Crippen LogP contribution in [-0.2, 0) is 19.4 Å². The molecule has 0 saturated carbocycles. The van der Waals surface area contributed by atoms with Gasteiger partial charge in [0, 0.05) is 17.2 Å². The molecule has 2 aromatic carbocycles. The Morgan fingerprint density at radius 1 is 0.808 bits per heavy atom. The summed E-state index contributed by atoms with van der Waals surface area (Å²) in [6.07, 6.45) is 3.95. The summed E-state index contributed by atoms with van der Waals surface area (Å²) in [6.45, 7) is 0.777. The molecule has 26 heavy (non-hydrogen) atoms. The summed E-state index contributed by atoms with van der Waals surface area (Å²) in [6, 6.07) is 25.1. The van der Waals surface area contributed by atoms with Gasteiger partial charge in [0.05, 0.1) is 5.69 Å². The number of rotatable bonds is 6. The topological polar surface area (TPSA) is 29.3 Å². The van der Waals surface area contributed by atoms with E-state index in [1.54, 1.807) is 0 Å². The van der Waals surface area contributed by atoms with E-state index in [9.17, 15) is 0 Å². The molecule has 0 amide bonds. The van der Waals surface area contributed by atoms with Crippen LogP contribution in [0.3, 0.4) is 0 Å². The zero-order valence-corrected chi connectivity index (χ0v) is 16.0. The largest absolute Gasteiger partial charge is 0.366 e. The van der Waals surface area contributed by atoms with E-state index >= 15 is 0 Å². The summed E-state index contributed by atoms with van der Waals surface area (Å²) >= 11 is 3.57. The third kappa shape index (κ3) is 3.81. The lowest BCUT2D eigenvalue weighted by Gasteiger charge is -2.09. The number of nitrogens with zero attached hydrogens (tertiary/aromatic N) is 2. The van der Waals surface area contributed by atoms with Gasteiger partial charge in [-0.05, 0) is 52.0 Å². The maximum Gasteiger partial charge on any atom is 0.138 e. The Balaban J connectivity index is 1.62. The lowest BCUT2D eigenvalue weighted by Crippen LogP contribution is -2.05. The predicted octanol–water partition coefficient (Wildman–Crippen LogP) is 5.49. The van der Waals surface area contributed by atoms with Crippen molar-refractivity contribution in [3.05, 3.63) is 100 Å². The predicted molar refractivity (Wildman–Crippen MR) is 111 cm³/mol. The van der Waals surface area contributed by atoms with Gasteiger partial charge in [0.2, 0.25) is 0 Å². The first-order chi connectivity index (χ1) is 12.8. The highest BCUT2D eigenvalue weighted by atomic mass is 79.9. The Labute approximate surface area is 161 Å². The van der Waals surface area contributed by atoms with Gasteiger partial charge in [-0.25, -0.2) is 4.98 Å². The summed E-state index contributed by atoms with van der Waals surface area (Å²) in [7, 11) is 0. The van der Waals surface area contributed by atoms with E-state index in [1.807, 2.05) is 18.2 Å². The number of halogens is 1. The number of hydrogen-bond donors (Lipinski definition) is 1. The van der Waals surface area contributed by atoms with Crippen molar-refractivity contribution in [3.63, 3.8) is 0 Å². The van der Waals surface area contributed by atoms with E-state index in [4.69, 9.17) is 4.98 Å². The van der Waals surface area contributed by atoms with Gasteiger partial charge in [-0.1, -0.05) is 60.7 Å². The van der Waals surface area contributed by atoms with Crippen LogP contribution in [0.4, 0.5) is 5.82 Å². The average molecular weight is 406 g/mol. The Kier molecular flexibility index (Phi) is 5.02. The van der Waals surface area contributed by atoms with Crippen molar-refractivity contribution in [3.8, 4) is 0 Å². The summed E-state index contributed by atoms with van der Waals surface area (Å²) < 4.78 is 3.17. The number of benzene rings is 2. The van der Waals surface area contributed by atoms with Crippen molar-refractivity contribution in [2.75, 3.05) is 5.32 Å². The molecule has 0 fully saturated rings. The Bertz CT molecular complexity index is 994. The number of hydrogen-bond acceptors (Lipinski definition) is 2. The molecular formula is C22H20BrN3. The molecule has 0 atom stereocenters. The third-order valence-corrected chi connectivity index (χ3v) is 4.92. The molecule has 2 aromatic heterocycles. The van der Waals surface area contributed by atoms with Gasteiger partial charge in [-0.3, -0.25) is 4.40 Å². The first kappa shape index (κ1) is 16.9. The number of aryl methyl sites for hydroxylation is 2. The molecule has 0 aliphatic heterocycles. The molecule has 130 valence electrons. The molecule has 4 rings (SSSR count). The van der Waals surface area contributed by atoms with Gasteiger partial charge in [-0.2, -0.15) is 0 Å². The van der Waals surface area contributed by atoms with Crippen LogP contribution in [-0.4, -0.2) is 9.38 Å². The van der Waals surface area contributed by atoms with Crippen LogP contribution in [0.1, 0.15) is 16.8 Å². The summed E-state index contributed by atoms with van der Waals surface area (Å²) in [5.41, 5.74) is 4.65. The van der Waals surface area contributed by atoms with Gasteiger partial charge < -0.3 is 5.32 Å². The number of anilines is 1. The molecule has 0 spiro atoms. The van der Waals surface area contributed by atoms with Crippen LogP contribution in [0.2, 0.25) is 0 Å². The first-order valence-electron chi connectivity index (χ1n) is 8.78. The van der Waals surface area contributed by atoms with Crippen molar-refractivity contribution in [1.82, 2.24) is 9.38 Å². The van der Waals surface area contributed by atoms with Gasteiger partial charge in [0.25, 0.3) is 0 Å². The second-order valence-corrected chi connectivity index (χ2v) is 7.22. The Morgan fingerprint density at radius 3 is 2.23 bits per heavy atom. The van der Waals surface area contributed by atoms with Crippen LogP contribution in [0.25, 0.3) is 5.65 Å². The summed E-state index contributed by atoms with van der Waals surface area (Å²) in [4.78, 5) is 4.86. The number of fused-ring (bicyclic) bond motifs is 1. The van der Waals surface area contributed by atoms with Gasteiger partial charge >= 0.3 is 0 Å². The molecule has 0 bridgehead atoms. The van der Waals surface area contributed by atoms with Gasteiger partial charge in [0.15, 0.2) is 0 Å². The first-order valence-corrected chi connectivity index (χ1v) is 9.57. The zero-order valence-electron chi connectivity index (χ0n) is 14.4. The summed E-state index contributed by atoms with van der Waals surface area (Å²) in [5, 5.41) is 3.60. The lowest BCUT2D eigenvalue weighted by molar-refractivity contribution is 0.923. The Morgan fingerprint density at radius 2 is 1.50 bits per heavy atom. The summed E-state index contributed by atoms with van der Waals surface area (Å²) in [5.74, 6) is 1.07. The highest BCUT2D eigenvalue weighted by Gasteiger charge is 2.12. The lowest BCUT2D eigenvalue weighted by atomic mass is 10.1. The third-order valence-electron chi connectivity index (χ3n) is 4.45. The van der Waals surface area contributed by atoms with Crippen molar-refractivity contribution < 1.29 is 0 Å². The molecule has 3 nitrogen and oxygen atoms in total. The van der Waals surface area contributed by atoms with Gasteiger partial charge in [0.1, 0.15) is 11.5 Å². The molecule has 4 aromatic rings. The van der Waals surface area contributed by atoms with Crippen LogP contribution in [0, 0.1) is 0 Å². The van der Waals surface area contributed by atoms with Crippen molar-refractivity contribution in [2.45, 2.75) is 19.4 Å². The molecule has 0 aliphatic rings. The smallest absolute Gasteiger partial charge is 0.138 e. The van der Waals surface area contributed by atoms with Crippen LogP contribution in [0.15, 0.2) is 83.5 Å². The van der Waals surface area contributed by atoms with E-state index in [1.165, 1.54) is 11.1 Å². The average Bonchev–Trinajstić information content (AvgIpc) is 3.03. The minimum Gasteiger partial charge on any atom is -0.366 e. The molecule has 0 radical (unpaired) electrons. The fourth-order valence-corrected chi connectivity index (χ4v) is 3.45. The van der Waals surface area contributed by atoms with Crippen molar-refractivity contribution in [2.24, 2.45) is 0 Å². The van der Waals surface area contributed by atoms with E-state index in [-0.39, 0.29) is 0 Å². The zero-order chi connectivity index (χ0) is 17.8. The van der Waals surface area contributed by atoms with Crippen molar-refractivity contribution in [1.29, 1.82) is 0 Å². The molecular weight excluding hydrogens is 386 g/mol. The normalized spacial score (nSPS) is 11.0. The molecule has 4 heteroatoms. The monoisotopic (exact) mass is 405 g/mol. The quantitative estimate of drug-likeness (QED) is 0.459. The molecule has 1 N–H and O–H groups in total. The van der Waals surface area contributed by atoms with Crippen molar-refractivity contribution >= 4 is 27.4 Å². The number of imidazole rings is 1. The highest BCUT2D eigenvalue weighted by molar-refractivity contribution is 9.10. The number of nitrogens with one attached hydrogen (secondary N) is 1. The molecule has 2 heterocycles.